The number of carbonyl (C=O) groups excluding carboxylic acids is 1. The van der Waals surface area contributed by atoms with Crippen LogP contribution in [0.15, 0.2) is 24.3 Å². The van der Waals surface area contributed by atoms with Crippen molar-refractivity contribution in [1.29, 1.82) is 0 Å². The summed E-state index contributed by atoms with van der Waals surface area (Å²) in [6.45, 7) is 4.00. The smallest absolute Gasteiger partial charge is 0.306 e. The lowest BCUT2D eigenvalue weighted by Crippen LogP contribution is -2.23. The maximum absolute atomic E-state index is 11.3. The molecule has 0 spiro atoms. The van der Waals surface area contributed by atoms with Crippen LogP contribution >= 0.6 is 0 Å². The van der Waals surface area contributed by atoms with Crippen LogP contribution in [0.1, 0.15) is 25.8 Å². The van der Waals surface area contributed by atoms with Crippen molar-refractivity contribution in [3.05, 3.63) is 29.8 Å². The Morgan fingerprint density at radius 3 is 2.44 bits per heavy atom. The average molecular weight is 222 g/mol. The van der Waals surface area contributed by atoms with E-state index in [9.17, 15) is 4.79 Å². The molecule has 3 nitrogen and oxygen atoms in total. The van der Waals surface area contributed by atoms with Crippen LogP contribution in [0.2, 0.25) is 0 Å². The van der Waals surface area contributed by atoms with Crippen molar-refractivity contribution in [2.75, 3.05) is 14.2 Å². The fourth-order valence-electron chi connectivity index (χ4n) is 1.73. The number of ether oxygens (including phenoxy) is 2. The zero-order chi connectivity index (χ0) is 12.2. The van der Waals surface area contributed by atoms with Gasteiger partial charge >= 0.3 is 5.97 Å². The summed E-state index contributed by atoms with van der Waals surface area (Å²) >= 11 is 0. The molecule has 0 aliphatic rings. The Morgan fingerprint density at radius 2 is 1.88 bits per heavy atom. The summed E-state index contributed by atoms with van der Waals surface area (Å²) in [6, 6.07) is 7.73. The molecular weight excluding hydrogens is 204 g/mol. The molecule has 88 valence electrons. The van der Waals surface area contributed by atoms with E-state index in [0.29, 0.717) is 6.42 Å². The van der Waals surface area contributed by atoms with Gasteiger partial charge in [-0.3, -0.25) is 4.79 Å². The minimum atomic E-state index is -0.292. The first-order chi connectivity index (χ1) is 7.51. The first-order valence-electron chi connectivity index (χ1n) is 5.21. The van der Waals surface area contributed by atoms with Gasteiger partial charge in [-0.25, -0.2) is 0 Å². The Morgan fingerprint density at radius 1 is 1.25 bits per heavy atom. The molecular formula is C13H18O3. The summed E-state index contributed by atoms with van der Waals surface area (Å²) in [5.74, 6) is 0.590. The molecule has 1 aromatic rings. The second kappa shape index (κ2) is 5.01. The Balaban J connectivity index is 3.01. The Labute approximate surface area is 96.4 Å². The molecule has 0 fully saturated rings. The van der Waals surface area contributed by atoms with Crippen LogP contribution < -0.4 is 4.74 Å². The van der Waals surface area contributed by atoms with E-state index in [1.807, 2.05) is 38.1 Å². The molecule has 0 unspecified atom stereocenters. The third-order valence-electron chi connectivity index (χ3n) is 2.65. The van der Waals surface area contributed by atoms with E-state index in [1.54, 1.807) is 7.11 Å². The fourth-order valence-corrected chi connectivity index (χ4v) is 1.73. The van der Waals surface area contributed by atoms with E-state index in [-0.39, 0.29) is 11.4 Å². The van der Waals surface area contributed by atoms with Gasteiger partial charge in [0.1, 0.15) is 5.75 Å². The lowest BCUT2D eigenvalue weighted by molar-refractivity contribution is -0.141. The van der Waals surface area contributed by atoms with Crippen molar-refractivity contribution in [2.45, 2.75) is 25.7 Å². The summed E-state index contributed by atoms with van der Waals surface area (Å²) in [7, 11) is 3.04. The minimum absolute atomic E-state index is 0.212. The number of methoxy groups -OCH3 is 2. The summed E-state index contributed by atoms with van der Waals surface area (Å²) in [5.41, 5.74) is 0.725. The summed E-state index contributed by atoms with van der Waals surface area (Å²) < 4.78 is 10.00. The lowest BCUT2D eigenvalue weighted by atomic mass is 9.81. The van der Waals surface area contributed by atoms with Crippen LogP contribution in [0.4, 0.5) is 0 Å². The largest absolute Gasteiger partial charge is 0.496 e. The second-order valence-electron chi connectivity index (χ2n) is 4.34. The van der Waals surface area contributed by atoms with Gasteiger partial charge in [0, 0.05) is 11.0 Å². The van der Waals surface area contributed by atoms with Crippen LogP contribution in [0, 0.1) is 0 Å². The van der Waals surface area contributed by atoms with Crippen LogP contribution in [0.3, 0.4) is 0 Å². The van der Waals surface area contributed by atoms with Gasteiger partial charge in [0.05, 0.1) is 20.6 Å². The highest BCUT2D eigenvalue weighted by atomic mass is 16.5. The molecule has 0 aromatic heterocycles. The van der Waals surface area contributed by atoms with Crippen LogP contribution in [0.25, 0.3) is 0 Å². The molecule has 0 aliphatic heterocycles. The number of benzene rings is 1. The maximum Gasteiger partial charge on any atom is 0.306 e. The number of rotatable bonds is 4. The topological polar surface area (TPSA) is 35.5 Å². The third kappa shape index (κ3) is 2.75. The first kappa shape index (κ1) is 12.6. The van der Waals surface area contributed by atoms with Gasteiger partial charge in [-0.2, -0.15) is 0 Å². The van der Waals surface area contributed by atoms with Crippen molar-refractivity contribution >= 4 is 5.97 Å². The first-order valence-corrected chi connectivity index (χ1v) is 5.21. The SMILES string of the molecule is COC(=O)CC(C)(C)c1ccccc1OC. The van der Waals surface area contributed by atoms with Gasteiger partial charge in [-0.05, 0) is 6.07 Å². The van der Waals surface area contributed by atoms with E-state index >= 15 is 0 Å². The van der Waals surface area contributed by atoms with Gasteiger partial charge in [0.25, 0.3) is 0 Å². The summed E-state index contributed by atoms with van der Waals surface area (Å²) in [5, 5.41) is 0. The summed E-state index contributed by atoms with van der Waals surface area (Å²) in [4.78, 5) is 11.3. The monoisotopic (exact) mass is 222 g/mol. The molecule has 0 N–H and O–H groups in total. The Bertz CT molecular complexity index is 369. The van der Waals surface area contributed by atoms with E-state index in [4.69, 9.17) is 9.47 Å². The lowest BCUT2D eigenvalue weighted by Gasteiger charge is -2.25. The van der Waals surface area contributed by atoms with E-state index in [2.05, 4.69) is 0 Å². The quantitative estimate of drug-likeness (QED) is 0.734. The summed E-state index contributed by atoms with van der Waals surface area (Å²) in [6.07, 6.45) is 0.337. The average Bonchev–Trinajstić information content (AvgIpc) is 2.28. The van der Waals surface area contributed by atoms with E-state index in [1.165, 1.54) is 7.11 Å². The van der Waals surface area contributed by atoms with Gasteiger partial charge in [-0.15, -0.1) is 0 Å². The predicted octanol–water partition coefficient (Wildman–Crippen LogP) is 2.54. The molecule has 0 bridgehead atoms. The second-order valence-corrected chi connectivity index (χ2v) is 4.34. The molecule has 3 heteroatoms. The van der Waals surface area contributed by atoms with E-state index < -0.39 is 0 Å². The maximum atomic E-state index is 11.3. The van der Waals surface area contributed by atoms with Gasteiger partial charge < -0.3 is 9.47 Å². The molecule has 0 atom stereocenters. The van der Waals surface area contributed by atoms with Gasteiger partial charge in [0.15, 0.2) is 0 Å². The number of hydrogen-bond acceptors (Lipinski definition) is 3. The number of esters is 1. The number of hydrogen-bond donors (Lipinski definition) is 0. The highest BCUT2D eigenvalue weighted by Gasteiger charge is 2.27. The molecule has 0 amide bonds. The third-order valence-corrected chi connectivity index (χ3v) is 2.65. The molecule has 1 aromatic carbocycles. The molecule has 0 saturated heterocycles. The van der Waals surface area contributed by atoms with E-state index in [0.717, 1.165) is 11.3 Å². The predicted molar refractivity (Wildman–Crippen MR) is 62.7 cm³/mol. The standard InChI is InChI=1S/C13H18O3/c1-13(2,9-12(14)16-4)10-7-5-6-8-11(10)15-3/h5-8H,9H2,1-4H3. The highest BCUT2D eigenvalue weighted by Crippen LogP contribution is 2.34. The molecule has 0 heterocycles. The normalized spacial score (nSPS) is 11.0. The van der Waals surface area contributed by atoms with Crippen molar-refractivity contribution in [2.24, 2.45) is 0 Å². The zero-order valence-electron chi connectivity index (χ0n) is 10.2. The zero-order valence-corrected chi connectivity index (χ0v) is 10.2. The van der Waals surface area contributed by atoms with Gasteiger partial charge in [-0.1, -0.05) is 32.0 Å². The Kier molecular flexibility index (Phi) is 3.93. The van der Waals surface area contributed by atoms with Crippen LogP contribution in [0.5, 0.6) is 5.75 Å². The highest BCUT2D eigenvalue weighted by molar-refractivity contribution is 5.71. The van der Waals surface area contributed by atoms with Crippen molar-refractivity contribution in [3.8, 4) is 5.75 Å². The number of carbonyl (C=O) groups is 1. The molecule has 1 rings (SSSR count). The molecule has 0 aliphatic carbocycles. The van der Waals surface area contributed by atoms with Crippen molar-refractivity contribution in [1.82, 2.24) is 0 Å². The van der Waals surface area contributed by atoms with Gasteiger partial charge in [0.2, 0.25) is 0 Å². The molecule has 16 heavy (non-hydrogen) atoms. The minimum Gasteiger partial charge on any atom is -0.496 e. The van der Waals surface area contributed by atoms with Crippen molar-refractivity contribution in [3.63, 3.8) is 0 Å². The fraction of sp³-hybridized carbons (Fsp3) is 0.462. The van der Waals surface area contributed by atoms with Crippen molar-refractivity contribution < 1.29 is 14.3 Å². The van der Waals surface area contributed by atoms with Crippen LogP contribution in [-0.4, -0.2) is 20.2 Å². The Hall–Kier alpha value is -1.51. The number of para-hydroxylation sites is 1. The molecule has 0 saturated carbocycles. The molecule has 0 radical (unpaired) electrons. The van der Waals surface area contributed by atoms with Crippen LogP contribution in [-0.2, 0) is 14.9 Å².